The predicted octanol–water partition coefficient (Wildman–Crippen LogP) is 3.89. The molecule has 0 unspecified atom stereocenters. The van der Waals surface area contributed by atoms with Crippen LogP contribution < -0.4 is 10.1 Å². The lowest BCUT2D eigenvalue weighted by atomic mass is 10.1. The van der Waals surface area contributed by atoms with E-state index in [1.807, 2.05) is 24.3 Å². The third-order valence-electron chi connectivity index (χ3n) is 3.14. The van der Waals surface area contributed by atoms with Crippen LogP contribution in [0.5, 0.6) is 5.75 Å². The summed E-state index contributed by atoms with van der Waals surface area (Å²) >= 11 is 5.84. The van der Waals surface area contributed by atoms with Crippen molar-refractivity contribution >= 4 is 17.3 Å². The molecule has 1 N–H and O–H groups in total. The molecule has 0 fully saturated rings. The molecule has 18 heavy (non-hydrogen) atoms. The Morgan fingerprint density at radius 2 is 1.94 bits per heavy atom. The molecule has 1 aliphatic heterocycles. The van der Waals surface area contributed by atoms with Crippen LogP contribution in [0.1, 0.15) is 11.1 Å². The second kappa shape index (κ2) is 4.91. The topological polar surface area (TPSA) is 21.3 Å². The van der Waals surface area contributed by atoms with Crippen LogP contribution in [0.3, 0.4) is 0 Å². The van der Waals surface area contributed by atoms with Gasteiger partial charge in [-0.05, 0) is 36.2 Å². The van der Waals surface area contributed by atoms with Gasteiger partial charge in [0.25, 0.3) is 0 Å². The third kappa shape index (κ3) is 2.29. The summed E-state index contributed by atoms with van der Waals surface area (Å²) in [4.78, 5) is 0. The van der Waals surface area contributed by atoms with Gasteiger partial charge in [0, 0.05) is 22.8 Å². The molecule has 0 radical (unpaired) electrons. The zero-order valence-electron chi connectivity index (χ0n) is 9.95. The van der Waals surface area contributed by atoms with Crippen molar-refractivity contribution in [2.75, 3.05) is 11.9 Å². The number of fused-ring (bicyclic) bond motifs is 1. The molecule has 2 aromatic carbocycles. The van der Waals surface area contributed by atoms with Crippen molar-refractivity contribution in [3.8, 4) is 5.75 Å². The quantitative estimate of drug-likeness (QED) is 0.903. The Bertz CT molecular complexity index is 551. The minimum atomic E-state index is 0.581. The van der Waals surface area contributed by atoms with Crippen LogP contribution in [0.4, 0.5) is 5.69 Å². The maximum atomic E-state index is 5.84. The van der Waals surface area contributed by atoms with Gasteiger partial charge in [0.2, 0.25) is 0 Å². The maximum absolute atomic E-state index is 5.84. The molecule has 0 spiro atoms. The molecule has 92 valence electrons. The zero-order valence-corrected chi connectivity index (χ0v) is 10.7. The summed E-state index contributed by atoms with van der Waals surface area (Å²) in [5.41, 5.74) is 3.83. The molecule has 1 heterocycles. The fourth-order valence-electron chi connectivity index (χ4n) is 2.22. The number of anilines is 1. The van der Waals surface area contributed by atoms with Crippen LogP contribution in [0.2, 0.25) is 5.02 Å². The molecule has 1 aliphatic rings. The van der Waals surface area contributed by atoms with Gasteiger partial charge < -0.3 is 10.1 Å². The van der Waals surface area contributed by atoms with E-state index in [9.17, 15) is 0 Å². The van der Waals surface area contributed by atoms with E-state index in [-0.39, 0.29) is 0 Å². The number of para-hydroxylation sites is 1. The van der Waals surface area contributed by atoms with Gasteiger partial charge in [-0.15, -0.1) is 0 Å². The molecule has 3 heteroatoms. The summed E-state index contributed by atoms with van der Waals surface area (Å²) in [5, 5.41) is 4.14. The SMILES string of the molecule is Clc1ccc(OCc2cccc3c2NCC3)cc1. The number of ether oxygens (including phenoxy) is 1. The van der Waals surface area contributed by atoms with Gasteiger partial charge in [0.1, 0.15) is 12.4 Å². The molecule has 2 aromatic rings. The maximum Gasteiger partial charge on any atom is 0.119 e. The number of halogens is 1. The second-order valence-corrected chi connectivity index (χ2v) is 4.81. The molecule has 0 saturated heterocycles. The molecule has 0 atom stereocenters. The fourth-order valence-corrected chi connectivity index (χ4v) is 2.35. The number of hydrogen-bond acceptors (Lipinski definition) is 2. The minimum Gasteiger partial charge on any atom is -0.489 e. The zero-order chi connectivity index (χ0) is 12.4. The van der Waals surface area contributed by atoms with Crippen molar-refractivity contribution < 1.29 is 4.74 Å². The smallest absolute Gasteiger partial charge is 0.119 e. The molecule has 0 bridgehead atoms. The minimum absolute atomic E-state index is 0.581. The van der Waals surface area contributed by atoms with Gasteiger partial charge in [-0.25, -0.2) is 0 Å². The number of nitrogens with one attached hydrogen (secondary N) is 1. The molecular formula is C15H14ClNO. The third-order valence-corrected chi connectivity index (χ3v) is 3.39. The van der Waals surface area contributed by atoms with Crippen LogP contribution >= 0.6 is 11.6 Å². The average molecular weight is 260 g/mol. The lowest BCUT2D eigenvalue weighted by Crippen LogP contribution is -2.00. The summed E-state index contributed by atoms with van der Waals surface area (Å²) in [6, 6.07) is 13.8. The Labute approximate surface area is 112 Å². The van der Waals surface area contributed by atoms with Crippen molar-refractivity contribution in [2.24, 2.45) is 0 Å². The van der Waals surface area contributed by atoms with Crippen LogP contribution in [0.15, 0.2) is 42.5 Å². The van der Waals surface area contributed by atoms with Gasteiger partial charge in [-0.1, -0.05) is 29.8 Å². The van der Waals surface area contributed by atoms with Crippen LogP contribution in [-0.4, -0.2) is 6.54 Å². The Morgan fingerprint density at radius 3 is 2.78 bits per heavy atom. The molecular weight excluding hydrogens is 246 g/mol. The van der Waals surface area contributed by atoms with E-state index in [2.05, 4.69) is 23.5 Å². The van der Waals surface area contributed by atoms with E-state index < -0.39 is 0 Å². The monoisotopic (exact) mass is 259 g/mol. The first kappa shape index (κ1) is 11.4. The Kier molecular flexibility index (Phi) is 3.11. The largest absolute Gasteiger partial charge is 0.489 e. The highest BCUT2D eigenvalue weighted by Crippen LogP contribution is 2.27. The first-order valence-electron chi connectivity index (χ1n) is 6.06. The molecule has 3 rings (SSSR count). The number of rotatable bonds is 3. The van der Waals surface area contributed by atoms with E-state index in [4.69, 9.17) is 16.3 Å². The van der Waals surface area contributed by atoms with Gasteiger partial charge in [-0.3, -0.25) is 0 Å². The Morgan fingerprint density at radius 1 is 1.11 bits per heavy atom. The summed E-state index contributed by atoms with van der Waals surface area (Å²) in [5.74, 6) is 0.843. The molecule has 0 aliphatic carbocycles. The second-order valence-electron chi connectivity index (χ2n) is 4.37. The standard InChI is InChI=1S/C15H14ClNO/c16-13-4-6-14(7-5-13)18-10-12-3-1-2-11-8-9-17-15(11)12/h1-7,17H,8-10H2. The van der Waals surface area contributed by atoms with Crippen molar-refractivity contribution in [1.29, 1.82) is 0 Å². The van der Waals surface area contributed by atoms with E-state index >= 15 is 0 Å². The Balaban J connectivity index is 1.74. The van der Waals surface area contributed by atoms with Gasteiger partial charge in [-0.2, -0.15) is 0 Å². The normalized spacial score (nSPS) is 12.9. The van der Waals surface area contributed by atoms with E-state index in [0.717, 1.165) is 23.7 Å². The van der Waals surface area contributed by atoms with E-state index in [1.54, 1.807) is 0 Å². The highest BCUT2D eigenvalue weighted by atomic mass is 35.5. The van der Waals surface area contributed by atoms with Gasteiger partial charge >= 0.3 is 0 Å². The highest BCUT2D eigenvalue weighted by molar-refractivity contribution is 6.30. The highest BCUT2D eigenvalue weighted by Gasteiger charge is 2.13. The summed E-state index contributed by atoms with van der Waals surface area (Å²) in [6.45, 7) is 1.60. The van der Waals surface area contributed by atoms with E-state index in [1.165, 1.54) is 16.8 Å². The van der Waals surface area contributed by atoms with Crippen LogP contribution in [0, 0.1) is 0 Å². The van der Waals surface area contributed by atoms with Crippen molar-refractivity contribution in [2.45, 2.75) is 13.0 Å². The fraction of sp³-hybridized carbons (Fsp3) is 0.200. The lowest BCUT2D eigenvalue weighted by molar-refractivity contribution is 0.307. The number of benzene rings is 2. The number of hydrogen-bond donors (Lipinski definition) is 1. The first-order valence-corrected chi connectivity index (χ1v) is 6.44. The molecule has 0 saturated carbocycles. The average Bonchev–Trinajstić information content (AvgIpc) is 2.87. The lowest BCUT2D eigenvalue weighted by Gasteiger charge is -2.10. The molecule has 0 amide bonds. The molecule has 2 nitrogen and oxygen atoms in total. The predicted molar refractivity (Wildman–Crippen MR) is 74.4 cm³/mol. The van der Waals surface area contributed by atoms with Gasteiger partial charge in [0.05, 0.1) is 0 Å². The first-order chi connectivity index (χ1) is 8.83. The molecule has 0 aromatic heterocycles. The summed E-state index contributed by atoms with van der Waals surface area (Å²) < 4.78 is 5.77. The van der Waals surface area contributed by atoms with Crippen molar-refractivity contribution in [1.82, 2.24) is 0 Å². The van der Waals surface area contributed by atoms with E-state index in [0.29, 0.717) is 6.61 Å². The summed E-state index contributed by atoms with van der Waals surface area (Å²) in [6.07, 6.45) is 1.10. The Hall–Kier alpha value is -1.67. The van der Waals surface area contributed by atoms with Crippen molar-refractivity contribution in [3.63, 3.8) is 0 Å². The van der Waals surface area contributed by atoms with Crippen LogP contribution in [-0.2, 0) is 13.0 Å². The van der Waals surface area contributed by atoms with Gasteiger partial charge in [0.15, 0.2) is 0 Å². The summed E-state index contributed by atoms with van der Waals surface area (Å²) in [7, 11) is 0. The van der Waals surface area contributed by atoms with Crippen LogP contribution in [0.25, 0.3) is 0 Å². The van der Waals surface area contributed by atoms with Crippen molar-refractivity contribution in [3.05, 3.63) is 58.6 Å².